The fourth-order valence-electron chi connectivity index (χ4n) is 2.53. The maximum absolute atomic E-state index is 13.4. The third-order valence-electron chi connectivity index (χ3n) is 3.83. The number of nitrogens with zero attached hydrogens (tertiary/aromatic N) is 3. The molecule has 0 saturated heterocycles. The van der Waals surface area contributed by atoms with E-state index in [2.05, 4.69) is 4.98 Å². The Morgan fingerprint density at radius 3 is 2.46 bits per heavy atom. The monoisotopic (exact) mass is 387 g/mol. The van der Waals surface area contributed by atoms with E-state index in [-0.39, 0.29) is 11.3 Å². The van der Waals surface area contributed by atoms with Crippen LogP contribution in [-0.4, -0.2) is 29.3 Å². The van der Waals surface area contributed by atoms with E-state index in [4.69, 9.17) is 0 Å². The number of alkyl halides is 2. The van der Waals surface area contributed by atoms with Crippen molar-refractivity contribution in [3.05, 3.63) is 59.9 Å². The largest absolute Gasteiger partial charge is 0.320 e. The maximum atomic E-state index is 13.4. The van der Waals surface area contributed by atoms with Crippen molar-refractivity contribution in [2.75, 3.05) is 7.05 Å². The summed E-state index contributed by atoms with van der Waals surface area (Å²) in [7, 11) is -3.08. The smallest absolute Gasteiger partial charge is 0.269 e. The number of fused-ring (bicyclic) bond motifs is 1. The molecule has 0 fully saturated rings. The first-order chi connectivity index (χ1) is 12.2. The summed E-state index contributed by atoms with van der Waals surface area (Å²) < 4.78 is 79.6. The average molecular weight is 387 g/mol. The Hall–Kier alpha value is -2.46. The van der Waals surface area contributed by atoms with E-state index in [0.29, 0.717) is 22.2 Å². The number of halogens is 4. The fourth-order valence-corrected chi connectivity index (χ4v) is 3.66. The van der Waals surface area contributed by atoms with Gasteiger partial charge < -0.3 is 0 Å². The van der Waals surface area contributed by atoms with Crippen LogP contribution < -0.4 is 0 Å². The number of sulfonamides is 1. The second-order valence-corrected chi connectivity index (χ2v) is 7.55. The predicted molar refractivity (Wildman–Crippen MR) is 86.0 cm³/mol. The second-order valence-electron chi connectivity index (χ2n) is 5.50. The highest BCUT2D eigenvalue weighted by Crippen LogP contribution is 2.25. The number of hydrogen-bond acceptors (Lipinski definition) is 3. The molecule has 26 heavy (non-hydrogen) atoms. The van der Waals surface area contributed by atoms with Crippen molar-refractivity contribution in [3.63, 3.8) is 0 Å². The highest BCUT2D eigenvalue weighted by atomic mass is 32.2. The number of aromatic nitrogens is 2. The first-order valence-electron chi connectivity index (χ1n) is 7.37. The summed E-state index contributed by atoms with van der Waals surface area (Å²) in [6, 6.07) is 8.29. The molecule has 0 unspecified atom stereocenters. The molecule has 3 aromatic rings. The molecule has 0 spiro atoms. The van der Waals surface area contributed by atoms with Crippen molar-refractivity contribution >= 4 is 21.1 Å². The number of imidazole rings is 1. The third-order valence-corrected chi connectivity index (χ3v) is 5.63. The molecule has 0 saturated carbocycles. The topological polar surface area (TPSA) is 55.2 Å². The molecular formula is C16H13F4N3O2S. The lowest BCUT2D eigenvalue weighted by Crippen LogP contribution is -2.28. The molecule has 0 amide bonds. The highest BCUT2D eigenvalue weighted by Gasteiger charge is 2.26. The fraction of sp³-hybridized carbons (Fsp3) is 0.188. The first-order valence-corrected chi connectivity index (χ1v) is 8.81. The van der Waals surface area contributed by atoms with Gasteiger partial charge in [-0.05, 0) is 30.3 Å². The van der Waals surface area contributed by atoms with Crippen LogP contribution in [0.25, 0.3) is 11.0 Å². The number of hydrogen-bond donors (Lipinski definition) is 0. The van der Waals surface area contributed by atoms with Crippen molar-refractivity contribution in [1.82, 2.24) is 13.9 Å². The van der Waals surface area contributed by atoms with Gasteiger partial charge in [-0.2, -0.15) is 13.1 Å². The second kappa shape index (κ2) is 6.69. The standard InChI is InChI=1S/C16H13F4N3O2S/c1-22(26(24,25)10-6-7-11(17)12(18)8-10)9-15-21-13-4-2-3-5-14(13)23(15)16(19)20/h2-8,16H,9H2,1H3. The minimum absolute atomic E-state index is 0.163. The van der Waals surface area contributed by atoms with Gasteiger partial charge in [0.25, 0.3) is 0 Å². The number of para-hydroxylation sites is 2. The van der Waals surface area contributed by atoms with Crippen LogP contribution in [0.1, 0.15) is 12.4 Å². The summed E-state index contributed by atoms with van der Waals surface area (Å²) in [5.41, 5.74) is 0.456. The van der Waals surface area contributed by atoms with Crippen LogP contribution in [0.5, 0.6) is 0 Å². The Kier molecular flexibility index (Phi) is 4.72. The Balaban J connectivity index is 1.99. The van der Waals surface area contributed by atoms with Crippen LogP contribution >= 0.6 is 0 Å². The van der Waals surface area contributed by atoms with Gasteiger partial charge in [0, 0.05) is 7.05 Å². The van der Waals surface area contributed by atoms with Crippen molar-refractivity contribution < 1.29 is 26.0 Å². The SMILES string of the molecule is CN(Cc1nc2ccccc2n1C(F)F)S(=O)(=O)c1ccc(F)c(F)c1. The van der Waals surface area contributed by atoms with Gasteiger partial charge in [-0.25, -0.2) is 22.2 Å². The van der Waals surface area contributed by atoms with E-state index in [1.165, 1.54) is 12.1 Å². The first kappa shape index (κ1) is 18.3. The molecule has 0 N–H and O–H groups in total. The summed E-state index contributed by atoms with van der Waals surface area (Å²) in [4.78, 5) is 3.57. The minimum atomic E-state index is -4.23. The molecule has 0 aliphatic rings. The van der Waals surface area contributed by atoms with Crippen molar-refractivity contribution in [3.8, 4) is 0 Å². The lowest BCUT2D eigenvalue weighted by molar-refractivity contribution is 0.0703. The van der Waals surface area contributed by atoms with Crippen LogP contribution in [0, 0.1) is 11.6 Å². The molecule has 0 aliphatic carbocycles. The number of rotatable bonds is 5. The zero-order chi connectivity index (χ0) is 19.1. The molecule has 1 aromatic heterocycles. The van der Waals surface area contributed by atoms with E-state index < -0.39 is 39.6 Å². The zero-order valence-electron chi connectivity index (χ0n) is 13.4. The van der Waals surface area contributed by atoms with Crippen LogP contribution in [0.3, 0.4) is 0 Å². The van der Waals surface area contributed by atoms with Gasteiger partial charge in [0.05, 0.1) is 22.5 Å². The van der Waals surface area contributed by atoms with E-state index in [9.17, 15) is 26.0 Å². The van der Waals surface area contributed by atoms with E-state index >= 15 is 0 Å². The van der Waals surface area contributed by atoms with Crippen LogP contribution in [0.15, 0.2) is 47.4 Å². The lowest BCUT2D eigenvalue weighted by atomic mass is 10.3. The molecule has 0 radical (unpaired) electrons. The van der Waals surface area contributed by atoms with E-state index in [0.717, 1.165) is 17.4 Å². The predicted octanol–water partition coefficient (Wildman–Crippen LogP) is 3.53. The average Bonchev–Trinajstić information content (AvgIpc) is 2.95. The zero-order valence-corrected chi connectivity index (χ0v) is 14.2. The van der Waals surface area contributed by atoms with Crippen LogP contribution in [0.4, 0.5) is 17.6 Å². The molecule has 10 heteroatoms. The summed E-state index contributed by atoms with van der Waals surface area (Å²) >= 11 is 0. The Morgan fingerprint density at radius 1 is 1.12 bits per heavy atom. The van der Waals surface area contributed by atoms with E-state index in [1.807, 2.05) is 0 Å². The Morgan fingerprint density at radius 2 is 1.81 bits per heavy atom. The van der Waals surface area contributed by atoms with Gasteiger partial charge in [-0.1, -0.05) is 12.1 Å². The normalized spacial score (nSPS) is 12.4. The molecule has 0 aliphatic heterocycles. The van der Waals surface area contributed by atoms with Gasteiger partial charge in [0.1, 0.15) is 5.82 Å². The van der Waals surface area contributed by atoms with Gasteiger partial charge >= 0.3 is 6.55 Å². The van der Waals surface area contributed by atoms with Gasteiger partial charge in [0.15, 0.2) is 11.6 Å². The Bertz CT molecular complexity index is 1070. The maximum Gasteiger partial charge on any atom is 0.320 e. The highest BCUT2D eigenvalue weighted by molar-refractivity contribution is 7.89. The third kappa shape index (κ3) is 3.17. The van der Waals surface area contributed by atoms with Crippen molar-refractivity contribution in [1.29, 1.82) is 0 Å². The summed E-state index contributed by atoms with van der Waals surface area (Å²) in [6.07, 6.45) is 0. The molecule has 0 bridgehead atoms. The van der Waals surface area contributed by atoms with Gasteiger partial charge in [-0.15, -0.1) is 0 Å². The van der Waals surface area contributed by atoms with Gasteiger partial charge in [0.2, 0.25) is 10.0 Å². The molecule has 0 atom stereocenters. The van der Waals surface area contributed by atoms with Gasteiger partial charge in [-0.3, -0.25) is 4.57 Å². The molecule has 2 aromatic carbocycles. The molecule has 3 rings (SSSR count). The quantitative estimate of drug-likeness (QED) is 0.630. The molecule has 138 valence electrons. The molecular weight excluding hydrogens is 374 g/mol. The molecule has 1 heterocycles. The Labute approximate surface area is 146 Å². The molecule has 5 nitrogen and oxygen atoms in total. The lowest BCUT2D eigenvalue weighted by Gasteiger charge is -2.18. The minimum Gasteiger partial charge on any atom is -0.269 e. The van der Waals surface area contributed by atoms with Crippen molar-refractivity contribution in [2.24, 2.45) is 0 Å². The van der Waals surface area contributed by atoms with Crippen molar-refractivity contribution in [2.45, 2.75) is 18.0 Å². The van der Waals surface area contributed by atoms with Crippen LogP contribution in [-0.2, 0) is 16.6 Å². The number of benzene rings is 2. The van der Waals surface area contributed by atoms with Crippen LogP contribution in [0.2, 0.25) is 0 Å². The summed E-state index contributed by atoms with van der Waals surface area (Å²) in [5, 5.41) is 0. The summed E-state index contributed by atoms with van der Waals surface area (Å²) in [6.45, 7) is -3.39. The van der Waals surface area contributed by atoms with E-state index in [1.54, 1.807) is 12.1 Å². The summed E-state index contributed by atoms with van der Waals surface area (Å²) in [5.74, 6) is -2.68.